The molecule has 2 aromatic carbocycles. The summed E-state index contributed by atoms with van der Waals surface area (Å²) in [5.74, 6) is 0.904. The molecule has 0 bridgehead atoms. The maximum absolute atomic E-state index is 12.9. The molecule has 1 aliphatic rings. The molecule has 0 radical (unpaired) electrons. The first-order valence-corrected chi connectivity index (χ1v) is 14.1. The van der Waals surface area contributed by atoms with Gasteiger partial charge in [-0.05, 0) is 44.5 Å². The van der Waals surface area contributed by atoms with Gasteiger partial charge in [0.05, 0.1) is 41.4 Å². The number of anilines is 5. The van der Waals surface area contributed by atoms with Gasteiger partial charge in [0.25, 0.3) is 0 Å². The van der Waals surface area contributed by atoms with Crippen molar-refractivity contribution in [3.63, 3.8) is 0 Å². The molecule has 0 atom stereocenters. The number of hydrogen-bond acceptors (Lipinski definition) is 10. The third-order valence-corrected chi connectivity index (χ3v) is 8.62. The van der Waals surface area contributed by atoms with Crippen LogP contribution in [0.2, 0.25) is 5.02 Å². The summed E-state index contributed by atoms with van der Waals surface area (Å²) in [5, 5.41) is 11.5. The number of aromatic nitrogens is 2. The first-order chi connectivity index (χ1) is 18.5. The van der Waals surface area contributed by atoms with Crippen molar-refractivity contribution in [3.05, 3.63) is 53.2 Å². The number of hydrazone groups is 1. The molecular weight excluding hydrogens is 542 g/mol. The third kappa shape index (κ3) is 6.07. The van der Waals surface area contributed by atoms with Crippen molar-refractivity contribution in [2.24, 2.45) is 5.10 Å². The van der Waals surface area contributed by atoms with Crippen LogP contribution in [0, 0.1) is 6.92 Å². The molecule has 206 valence electrons. The Kier molecular flexibility index (Phi) is 8.26. The minimum absolute atomic E-state index is 0.110. The first kappa shape index (κ1) is 28.1. The standard InChI is InChI=1S/C26H30ClN7O4S/c1-16(2)39(36,37)24-9-7-6-8-20(24)30-25-19(27)14-28-26(32-25)31-21-12-17(3)22(13-23(21)38-5)33-10-11-34(18(4)35)29-15-33/h6-9,12-16H,10-11H2,1-5H3,(H2,28,30,31,32). The second-order valence-electron chi connectivity index (χ2n) is 9.14. The predicted octanol–water partition coefficient (Wildman–Crippen LogP) is 4.73. The lowest BCUT2D eigenvalue weighted by molar-refractivity contribution is -0.128. The number of carbonyl (C=O) groups excluding carboxylic acids is 1. The Balaban J connectivity index is 1.61. The molecule has 0 aliphatic carbocycles. The summed E-state index contributed by atoms with van der Waals surface area (Å²) in [4.78, 5) is 22.5. The maximum atomic E-state index is 12.9. The van der Waals surface area contributed by atoms with E-state index in [1.165, 1.54) is 18.1 Å². The van der Waals surface area contributed by atoms with Gasteiger partial charge in [-0.3, -0.25) is 4.79 Å². The van der Waals surface area contributed by atoms with Crippen molar-refractivity contribution < 1.29 is 17.9 Å². The Labute approximate surface area is 232 Å². The largest absolute Gasteiger partial charge is 0.494 e. The van der Waals surface area contributed by atoms with E-state index >= 15 is 0 Å². The number of aryl methyl sites for hydroxylation is 1. The Morgan fingerprint density at radius 2 is 1.87 bits per heavy atom. The SMILES string of the molecule is COc1cc(N2C=NN(C(C)=O)CC2)c(C)cc1Nc1ncc(Cl)c(Nc2ccccc2S(=O)(=O)C(C)C)n1. The van der Waals surface area contributed by atoms with Crippen LogP contribution < -0.4 is 20.3 Å². The van der Waals surface area contributed by atoms with Crippen LogP contribution in [-0.4, -0.2) is 61.1 Å². The smallest absolute Gasteiger partial charge is 0.239 e. The molecule has 1 amide bonds. The van der Waals surface area contributed by atoms with Gasteiger partial charge in [-0.25, -0.2) is 18.4 Å². The first-order valence-electron chi connectivity index (χ1n) is 12.2. The minimum Gasteiger partial charge on any atom is -0.494 e. The molecule has 39 heavy (non-hydrogen) atoms. The molecule has 0 fully saturated rings. The van der Waals surface area contributed by atoms with Gasteiger partial charge in [0.2, 0.25) is 11.9 Å². The number of amides is 1. The van der Waals surface area contributed by atoms with Crippen LogP contribution in [0.15, 0.2) is 52.6 Å². The van der Waals surface area contributed by atoms with Crippen LogP contribution in [0.1, 0.15) is 26.3 Å². The number of sulfone groups is 1. The van der Waals surface area contributed by atoms with E-state index in [-0.39, 0.29) is 27.6 Å². The lowest BCUT2D eigenvalue weighted by Crippen LogP contribution is -2.40. The molecule has 1 aliphatic heterocycles. The molecule has 3 aromatic rings. The summed E-state index contributed by atoms with van der Waals surface area (Å²) in [5.41, 5.74) is 2.80. The number of para-hydroxylation sites is 1. The van der Waals surface area contributed by atoms with E-state index in [0.717, 1.165) is 11.3 Å². The molecule has 0 saturated carbocycles. The maximum Gasteiger partial charge on any atom is 0.239 e. The van der Waals surface area contributed by atoms with Crippen LogP contribution in [0.4, 0.5) is 28.8 Å². The summed E-state index contributed by atoms with van der Waals surface area (Å²) in [7, 11) is -1.99. The Bertz CT molecular complexity index is 1530. The second kappa shape index (κ2) is 11.5. The number of hydrogen-bond donors (Lipinski definition) is 2. The van der Waals surface area contributed by atoms with Gasteiger partial charge in [0, 0.05) is 25.2 Å². The van der Waals surface area contributed by atoms with E-state index in [4.69, 9.17) is 16.3 Å². The summed E-state index contributed by atoms with van der Waals surface area (Å²) < 4.78 is 31.4. The number of rotatable bonds is 8. The molecule has 1 aromatic heterocycles. The van der Waals surface area contributed by atoms with Crippen LogP contribution >= 0.6 is 11.6 Å². The van der Waals surface area contributed by atoms with Gasteiger partial charge in [0.15, 0.2) is 15.7 Å². The number of nitrogens with zero attached hydrogens (tertiary/aromatic N) is 5. The highest BCUT2D eigenvalue weighted by Crippen LogP contribution is 2.36. The fraction of sp³-hybridized carbons (Fsp3) is 0.308. The van der Waals surface area contributed by atoms with E-state index in [0.29, 0.717) is 30.2 Å². The van der Waals surface area contributed by atoms with E-state index in [2.05, 4.69) is 25.7 Å². The number of halogens is 1. The highest BCUT2D eigenvalue weighted by Gasteiger charge is 2.23. The van der Waals surface area contributed by atoms with Gasteiger partial charge in [0.1, 0.15) is 17.1 Å². The topological polar surface area (TPSA) is 129 Å². The number of nitrogens with one attached hydrogen (secondary N) is 2. The minimum atomic E-state index is -3.55. The molecule has 0 saturated heterocycles. The molecule has 4 rings (SSSR count). The fourth-order valence-corrected chi connectivity index (χ4v) is 5.29. The molecule has 2 N–H and O–H groups in total. The predicted molar refractivity (Wildman–Crippen MR) is 153 cm³/mol. The molecule has 11 nitrogen and oxygen atoms in total. The zero-order valence-corrected chi connectivity index (χ0v) is 23.8. The lowest BCUT2D eigenvalue weighted by Gasteiger charge is -2.29. The van der Waals surface area contributed by atoms with Crippen LogP contribution in [0.3, 0.4) is 0 Å². The fourth-order valence-electron chi connectivity index (χ4n) is 3.95. The van der Waals surface area contributed by atoms with Gasteiger partial charge in [-0.1, -0.05) is 23.7 Å². The van der Waals surface area contributed by atoms with Crippen LogP contribution in [0.25, 0.3) is 0 Å². The van der Waals surface area contributed by atoms with Crippen LogP contribution in [-0.2, 0) is 14.6 Å². The van der Waals surface area contributed by atoms with E-state index in [1.807, 2.05) is 24.0 Å². The van der Waals surface area contributed by atoms with E-state index in [1.54, 1.807) is 51.6 Å². The number of methoxy groups -OCH3 is 1. The third-order valence-electron chi connectivity index (χ3n) is 6.13. The second-order valence-corrected chi connectivity index (χ2v) is 12.0. The van der Waals surface area contributed by atoms with Crippen molar-refractivity contribution in [2.45, 2.75) is 37.8 Å². The molecular formula is C26H30ClN7O4S. The van der Waals surface area contributed by atoms with Crippen molar-refractivity contribution >= 4 is 62.5 Å². The van der Waals surface area contributed by atoms with E-state index in [9.17, 15) is 13.2 Å². The van der Waals surface area contributed by atoms with Gasteiger partial charge >= 0.3 is 0 Å². The van der Waals surface area contributed by atoms with Crippen molar-refractivity contribution in [2.75, 3.05) is 35.7 Å². The zero-order valence-electron chi connectivity index (χ0n) is 22.3. The normalized spacial score (nSPS) is 13.5. The molecule has 2 heterocycles. The average molecular weight is 572 g/mol. The monoisotopic (exact) mass is 571 g/mol. The van der Waals surface area contributed by atoms with Crippen molar-refractivity contribution in [3.8, 4) is 5.75 Å². The zero-order chi connectivity index (χ0) is 28.3. The van der Waals surface area contributed by atoms with Gasteiger partial charge < -0.3 is 20.3 Å². The molecule has 0 unspecified atom stereocenters. The van der Waals surface area contributed by atoms with Gasteiger partial charge in [-0.15, -0.1) is 0 Å². The van der Waals surface area contributed by atoms with Crippen molar-refractivity contribution in [1.29, 1.82) is 0 Å². The highest BCUT2D eigenvalue weighted by atomic mass is 35.5. The average Bonchev–Trinajstić information content (AvgIpc) is 2.91. The molecule has 0 spiro atoms. The quantitative estimate of drug-likeness (QED) is 0.394. The van der Waals surface area contributed by atoms with E-state index < -0.39 is 15.1 Å². The lowest BCUT2D eigenvalue weighted by atomic mass is 10.1. The summed E-state index contributed by atoms with van der Waals surface area (Å²) in [6, 6.07) is 10.4. The number of benzene rings is 2. The number of ether oxygens (including phenoxy) is 1. The molecule has 13 heteroatoms. The highest BCUT2D eigenvalue weighted by molar-refractivity contribution is 7.92. The summed E-state index contributed by atoms with van der Waals surface area (Å²) in [6.45, 7) is 7.75. The Hall–Kier alpha value is -3.90. The number of carbonyl (C=O) groups is 1. The van der Waals surface area contributed by atoms with Crippen molar-refractivity contribution in [1.82, 2.24) is 15.0 Å². The Morgan fingerprint density at radius 3 is 2.51 bits per heavy atom. The van der Waals surface area contributed by atoms with Crippen LogP contribution in [0.5, 0.6) is 5.75 Å². The van der Waals surface area contributed by atoms with Gasteiger partial charge in [-0.2, -0.15) is 10.1 Å². The summed E-state index contributed by atoms with van der Waals surface area (Å²) in [6.07, 6.45) is 3.05. The summed E-state index contributed by atoms with van der Waals surface area (Å²) >= 11 is 6.37. The Morgan fingerprint density at radius 1 is 1.13 bits per heavy atom.